The highest BCUT2D eigenvalue weighted by molar-refractivity contribution is 7.83. The third kappa shape index (κ3) is 2.02. The van der Waals surface area contributed by atoms with E-state index in [1.807, 2.05) is 18.2 Å². The van der Waals surface area contributed by atoms with Crippen molar-refractivity contribution in [2.24, 2.45) is 4.99 Å². The number of aromatic nitrogens is 1. The lowest BCUT2D eigenvalue weighted by molar-refractivity contribution is 1.36. The highest BCUT2D eigenvalue weighted by Crippen LogP contribution is 2.35. The van der Waals surface area contributed by atoms with Crippen LogP contribution in [-0.2, 0) is 0 Å². The van der Waals surface area contributed by atoms with Crippen LogP contribution in [0.15, 0.2) is 46.3 Å². The normalized spacial score (nSPS) is 13.6. The van der Waals surface area contributed by atoms with Gasteiger partial charge in [0.25, 0.3) is 0 Å². The molecule has 1 aromatic heterocycles. The van der Waals surface area contributed by atoms with Crippen LogP contribution in [0.3, 0.4) is 0 Å². The molecule has 0 unspecified atom stereocenters. The Morgan fingerprint density at radius 1 is 1.18 bits per heavy atom. The van der Waals surface area contributed by atoms with Gasteiger partial charge in [-0.05, 0) is 37.3 Å². The van der Waals surface area contributed by atoms with Crippen molar-refractivity contribution in [3.05, 3.63) is 58.2 Å². The molecule has 0 fully saturated rings. The number of benzene rings is 2. The summed E-state index contributed by atoms with van der Waals surface area (Å²) in [5.74, 6) is 0. The second kappa shape index (κ2) is 4.95. The molecule has 0 bridgehead atoms. The molecule has 0 amide bonds. The number of aryl methyl sites for hydroxylation is 1. The fourth-order valence-corrected chi connectivity index (χ4v) is 3.55. The Kier molecular flexibility index (Phi) is 3.15. The monoisotopic (exact) mass is 342 g/mol. The first-order valence-electron chi connectivity index (χ1n) is 6.79. The predicted molar refractivity (Wildman–Crippen MR) is 99.6 cm³/mol. The topological polar surface area (TPSA) is 28.1 Å². The van der Waals surface area contributed by atoms with Gasteiger partial charge in [-0.25, -0.2) is 4.99 Å². The number of aromatic amines is 1. The first kappa shape index (κ1) is 14.0. The SMILES string of the molecule is Cc1ccc2[nH]c(C3=Nc4ccc(Cl)cc4C3=S)c(S)c2c1. The minimum Gasteiger partial charge on any atom is -0.352 e. The third-order valence-electron chi connectivity index (χ3n) is 3.81. The maximum atomic E-state index is 6.06. The van der Waals surface area contributed by atoms with E-state index in [0.717, 1.165) is 38.5 Å². The average Bonchev–Trinajstić information content (AvgIpc) is 2.98. The Morgan fingerprint density at radius 2 is 2.00 bits per heavy atom. The molecule has 2 aromatic carbocycles. The van der Waals surface area contributed by atoms with Crippen LogP contribution in [0, 0.1) is 6.92 Å². The molecular formula is C17H11ClN2S2. The van der Waals surface area contributed by atoms with Gasteiger partial charge in [0.05, 0.1) is 16.2 Å². The van der Waals surface area contributed by atoms with Gasteiger partial charge in [0.1, 0.15) is 5.71 Å². The van der Waals surface area contributed by atoms with E-state index < -0.39 is 0 Å². The van der Waals surface area contributed by atoms with Crippen molar-refractivity contribution < 1.29 is 0 Å². The number of nitrogens with zero attached hydrogens (tertiary/aromatic N) is 1. The van der Waals surface area contributed by atoms with Crippen molar-refractivity contribution in [2.45, 2.75) is 11.8 Å². The highest BCUT2D eigenvalue weighted by Gasteiger charge is 2.25. The van der Waals surface area contributed by atoms with Gasteiger partial charge < -0.3 is 4.98 Å². The number of hydrogen-bond acceptors (Lipinski definition) is 3. The molecule has 108 valence electrons. The van der Waals surface area contributed by atoms with Crippen LogP contribution in [0.1, 0.15) is 16.8 Å². The van der Waals surface area contributed by atoms with E-state index in [9.17, 15) is 0 Å². The van der Waals surface area contributed by atoms with E-state index >= 15 is 0 Å². The number of fused-ring (bicyclic) bond motifs is 2. The highest BCUT2D eigenvalue weighted by atomic mass is 35.5. The van der Waals surface area contributed by atoms with Gasteiger partial charge in [0, 0.05) is 26.4 Å². The lowest BCUT2D eigenvalue weighted by atomic mass is 10.1. The molecule has 0 atom stereocenters. The molecule has 0 saturated carbocycles. The molecule has 0 saturated heterocycles. The number of thiol groups is 1. The molecule has 0 spiro atoms. The van der Waals surface area contributed by atoms with Gasteiger partial charge in [0.15, 0.2) is 0 Å². The number of H-pyrrole nitrogens is 1. The summed E-state index contributed by atoms with van der Waals surface area (Å²) in [6.45, 7) is 2.06. The van der Waals surface area contributed by atoms with E-state index in [-0.39, 0.29) is 0 Å². The van der Waals surface area contributed by atoms with E-state index in [2.05, 4.69) is 47.7 Å². The number of rotatable bonds is 1. The van der Waals surface area contributed by atoms with Crippen LogP contribution < -0.4 is 0 Å². The summed E-state index contributed by atoms with van der Waals surface area (Å²) < 4.78 is 0. The predicted octanol–water partition coefficient (Wildman–Crippen LogP) is 5.27. The zero-order valence-electron chi connectivity index (χ0n) is 11.6. The first-order chi connectivity index (χ1) is 10.5. The molecule has 4 rings (SSSR count). The molecular weight excluding hydrogens is 332 g/mol. The van der Waals surface area contributed by atoms with Gasteiger partial charge in [-0.15, -0.1) is 12.6 Å². The van der Waals surface area contributed by atoms with Crippen LogP contribution in [-0.4, -0.2) is 15.6 Å². The fourth-order valence-electron chi connectivity index (χ4n) is 2.72. The molecule has 1 aliphatic rings. The number of hydrogen-bond donors (Lipinski definition) is 2. The Labute approximate surface area is 143 Å². The zero-order chi connectivity index (χ0) is 15.4. The minimum absolute atomic E-state index is 0.663. The maximum absolute atomic E-state index is 6.06. The maximum Gasteiger partial charge on any atom is 0.107 e. The standard InChI is InChI=1S/C17H11ClN2S2/c1-8-2-4-12-10(6-8)16(21)14(19-12)15-17(22)11-7-9(18)3-5-13(11)20-15/h2-7,19,21H,1H3. The van der Waals surface area contributed by atoms with E-state index in [0.29, 0.717) is 9.89 Å². The Balaban J connectivity index is 1.91. The van der Waals surface area contributed by atoms with Crippen molar-refractivity contribution in [1.82, 2.24) is 4.98 Å². The quantitative estimate of drug-likeness (QED) is 0.457. The van der Waals surface area contributed by atoms with Crippen LogP contribution in [0.25, 0.3) is 10.9 Å². The van der Waals surface area contributed by atoms with Gasteiger partial charge in [0.2, 0.25) is 0 Å². The second-order valence-corrected chi connectivity index (χ2v) is 6.64. The number of aliphatic imine (C=N–C) groups is 1. The molecule has 0 aliphatic carbocycles. The van der Waals surface area contributed by atoms with Crippen LogP contribution in [0.4, 0.5) is 5.69 Å². The fraction of sp³-hybridized carbons (Fsp3) is 0.0588. The third-order valence-corrected chi connectivity index (χ3v) is 4.93. The van der Waals surface area contributed by atoms with Crippen molar-refractivity contribution in [1.29, 1.82) is 0 Å². The Hall–Kier alpha value is -1.62. The lowest BCUT2D eigenvalue weighted by Crippen LogP contribution is -2.10. The number of halogens is 1. The van der Waals surface area contributed by atoms with Crippen molar-refractivity contribution in [2.75, 3.05) is 0 Å². The minimum atomic E-state index is 0.663. The van der Waals surface area contributed by atoms with E-state index in [1.165, 1.54) is 5.56 Å². The summed E-state index contributed by atoms with van der Waals surface area (Å²) in [5, 5.41) is 1.74. The van der Waals surface area contributed by atoms with Crippen molar-refractivity contribution in [3.63, 3.8) is 0 Å². The van der Waals surface area contributed by atoms with Gasteiger partial charge in [-0.2, -0.15) is 0 Å². The summed E-state index contributed by atoms with van der Waals surface area (Å²) in [6, 6.07) is 11.8. The molecule has 2 nitrogen and oxygen atoms in total. The smallest absolute Gasteiger partial charge is 0.107 e. The largest absolute Gasteiger partial charge is 0.352 e. The van der Waals surface area contributed by atoms with Crippen molar-refractivity contribution in [3.8, 4) is 0 Å². The molecule has 5 heteroatoms. The zero-order valence-corrected chi connectivity index (χ0v) is 14.1. The van der Waals surface area contributed by atoms with Crippen LogP contribution >= 0.6 is 36.4 Å². The molecule has 1 aliphatic heterocycles. The first-order valence-corrected chi connectivity index (χ1v) is 8.02. The van der Waals surface area contributed by atoms with Gasteiger partial charge in [-0.3, -0.25) is 0 Å². The summed E-state index contributed by atoms with van der Waals surface area (Å²) >= 11 is 16.3. The number of thiocarbonyl (C=S) groups is 1. The van der Waals surface area contributed by atoms with E-state index in [4.69, 9.17) is 23.8 Å². The Morgan fingerprint density at radius 3 is 2.82 bits per heavy atom. The summed E-state index contributed by atoms with van der Waals surface area (Å²) in [5.41, 5.74) is 5.60. The van der Waals surface area contributed by atoms with Gasteiger partial charge in [-0.1, -0.05) is 35.4 Å². The summed E-state index contributed by atoms with van der Waals surface area (Å²) in [7, 11) is 0. The van der Waals surface area contributed by atoms with Crippen molar-refractivity contribution >= 4 is 63.6 Å². The molecule has 3 aromatic rings. The second-order valence-electron chi connectivity index (χ2n) is 5.35. The molecule has 2 heterocycles. The van der Waals surface area contributed by atoms with E-state index in [1.54, 1.807) is 0 Å². The number of nitrogens with one attached hydrogen (secondary N) is 1. The molecule has 22 heavy (non-hydrogen) atoms. The van der Waals surface area contributed by atoms with Gasteiger partial charge >= 0.3 is 0 Å². The summed E-state index contributed by atoms with van der Waals surface area (Å²) in [6.07, 6.45) is 0. The lowest BCUT2D eigenvalue weighted by Gasteiger charge is -2.00. The average molecular weight is 343 g/mol. The molecule has 1 N–H and O–H groups in total. The summed E-state index contributed by atoms with van der Waals surface area (Å²) in [4.78, 5) is 9.62. The Bertz CT molecular complexity index is 986. The van der Waals surface area contributed by atoms with Crippen LogP contribution in [0.5, 0.6) is 0 Å². The molecule has 0 radical (unpaired) electrons. The van der Waals surface area contributed by atoms with Crippen LogP contribution in [0.2, 0.25) is 5.02 Å².